The average Bonchev–Trinajstić information content (AvgIpc) is 3.33. The molecule has 178 valence electrons. The minimum absolute atomic E-state index is 0.0440. The van der Waals surface area contributed by atoms with Crippen LogP contribution in [-0.4, -0.2) is 39.6 Å². The zero-order valence-corrected chi connectivity index (χ0v) is 20.2. The van der Waals surface area contributed by atoms with Crippen LogP contribution in [0, 0.1) is 13.8 Å². The van der Waals surface area contributed by atoms with Crippen LogP contribution in [-0.2, 0) is 9.59 Å². The summed E-state index contributed by atoms with van der Waals surface area (Å²) in [6, 6.07) is 12.9. The highest BCUT2D eigenvalue weighted by atomic mass is 35.5. The number of hydrogen-bond donors (Lipinski definition) is 2. The van der Waals surface area contributed by atoms with Crippen molar-refractivity contribution in [3.63, 3.8) is 0 Å². The van der Waals surface area contributed by atoms with Crippen LogP contribution >= 0.6 is 23.4 Å². The van der Waals surface area contributed by atoms with Gasteiger partial charge in [0.15, 0.2) is 0 Å². The minimum atomic E-state index is -1.11. The quantitative estimate of drug-likeness (QED) is 0.415. The molecule has 0 unspecified atom stereocenters. The predicted octanol–water partition coefficient (Wildman–Crippen LogP) is 5.59. The molecule has 3 amide bonds. The monoisotopic (exact) mass is 510 g/mol. The first kappa shape index (κ1) is 24.3. The zero-order chi connectivity index (χ0) is 25.3. The molecule has 1 fully saturated rings. The van der Waals surface area contributed by atoms with Crippen molar-refractivity contribution in [3.05, 3.63) is 80.9 Å². The summed E-state index contributed by atoms with van der Waals surface area (Å²) in [5.41, 5.74) is 2.96. The van der Waals surface area contributed by atoms with Crippen molar-refractivity contribution in [2.24, 2.45) is 0 Å². The first-order valence-corrected chi connectivity index (χ1v) is 11.6. The maximum atomic E-state index is 12.8. The fraction of sp³-hybridized carbons (Fsp3) is 0.120. The van der Waals surface area contributed by atoms with Gasteiger partial charge in [-0.25, -0.2) is 4.79 Å². The lowest BCUT2D eigenvalue weighted by molar-refractivity contribution is -0.127. The molecule has 1 aliphatic heterocycles. The number of aryl methyl sites for hydroxylation is 2. The third-order valence-electron chi connectivity index (χ3n) is 5.06. The van der Waals surface area contributed by atoms with E-state index in [1.807, 2.05) is 19.9 Å². The maximum Gasteiger partial charge on any atom is 0.335 e. The molecule has 0 spiro atoms. The summed E-state index contributed by atoms with van der Waals surface area (Å²) >= 11 is 6.88. The Bertz CT molecular complexity index is 1390. The van der Waals surface area contributed by atoms with Crippen LogP contribution < -0.4 is 5.32 Å². The van der Waals surface area contributed by atoms with E-state index in [1.165, 1.54) is 24.3 Å². The van der Waals surface area contributed by atoms with E-state index in [9.17, 15) is 24.3 Å². The smallest absolute Gasteiger partial charge is 0.335 e. The van der Waals surface area contributed by atoms with E-state index in [0.717, 1.165) is 16.0 Å². The van der Waals surface area contributed by atoms with Crippen molar-refractivity contribution in [2.45, 2.75) is 13.8 Å². The number of anilines is 1. The molecule has 4 rings (SSSR count). The van der Waals surface area contributed by atoms with Gasteiger partial charge in [-0.2, -0.15) is 0 Å². The number of furan rings is 1. The highest BCUT2D eigenvalue weighted by Gasteiger charge is 2.36. The Morgan fingerprint density at radius 2 is 1.80 bits per heavy atom. The SMILES string of the molecule is Cc1cc(C)cc(NC(=O)CN2C(=O)S/C(=C\c3ccc(-c4cc(C(=O)O)ccc4Cl)o3)C2=O)c1. The van der Waals surface area contributed by atoms with Gasteiger partial charge < -0.3 is 14.8 Å². The summed E-state index contributed by atoms with van der Waals surface area (Å²) in [6.07, 6.45) is 1.39. The van der Waals surface area contributed by atoms with Crippen LogP contribution in [0.5, 0.6) is 0 Å². The minimum Gasteiger partial charge on any atom is -0.478 e. The zero-order valence-electron chi connectivity index (χ0n) is 18.6. The fourth-order valence-corrected chi connectivity index (χ4v) is 4.61. The van der Waals surface area contributed by atoms with Gasteiger partial charge in [0.2, 0.25) is 5.91 Å². The Kier molecular flexibility index (Phi) is 6.81. The number of amides is 3. The molecule has 1 aromatic heterocycles. The fourth-order valence-electron chi connectivity index (χ4n) is 3.58. The maximum absolute atomic E-state index is 12.8. The molecule has 0 radical (unpaired) electrons. The van der Waals surface area contributed by atoms with Crippen LogP contribution in [0.25, 0.3) is 17.4 Å². The highest BCUT2D eigenvalue weighted by molar-refractivity contribution is 8.18. The molecule has 1 aliphatic rings. The third-order valence-corrected chi connectivity index (χ3v) is 6.30. The molecule has 0 atom stereocenters. The molecule has 2 aromatic carbocycles. The topological polar surface area (TPSA) is 117 Å². The normalized spacial score (nSPS) is 14.6. The number of rotatable bonds is 6. The summed E-state index contributed by atoms with van der Waals surface area (Å²) in [6.45, 7) is 3.39. The van der Waals surface area contributed by atoms with Crippen LogP contribution in [0.2, 0.25) is 5.02 Å². The first-order valence-electron chi connectivity index (χ1n) is 10.4. The molecule has 0 bridgehead atoms. The Morgan fingerprint density at radius 1 is 1.09 bits per heavy atom. The van der Waals surface area contributed by atoms with Crippen molar-refractivity contribution in [1.82, 2.24) is 4.90 Å². The second-order valence-electron chi connectivity index (χ2n) is 7.89. The van der Waals surface area contributed by atoms with Gasteiger partial charge in [-0.3, -0.25) is 19.3 Å². The number of carboxylic acids is 1. The number of nitrogens with zero attached hydrogens (tertiary/aromatic N) is 1. The van der Waals surface area contributed by atoms with E-state index in [4.69, 9.17) is 16.0 Å². The number of carbonyl (C=O) groups excluding carboxylic acids is 3. The number of thioether (sulfide) groups is 1. The van der Waals surface area contributed by atoms with E-state index in [-0.39, 0.29) is 16.2 Å². The third kappa shape index (κ3) is 5.47. The Balaban J connectivity index is 1.49. The molecular formula is C25H19ClN2O6S. The molecule has 2 N–H and O–H groups in total. The van der Waals surface area contributed by atoms with Crippen molar-refractivity contribution in [1.29, 1.82) is 0 Å². The number of carboxylic acid groups (broad SMARTS) is 1. The van der Waals surface area contributed by atoms with E-state index in [2.05, 4.69) is 5.32 Å². The van der Waals surface area contributed by atoms with E-state index in [0.29, 0.717) is 33.8 Å². The van der Waals surface area contributed by atoms with Gasteiger partial charge >= 0.3 is 5.97 Å². The van der Waals surface area contributed by atoms with Crippen molar-refractivity contribution in [2.75, 3.05) is 11.9 Å². The van der Waals surface area contributed by atoms with Gasteiger partial charge in [0.25, 0.3) is 11.1 Å². The summed E-state index contributed by atoms with van der Waals surface area (Å²) in [5, 5.41) is 11.6. The van der Waals surface area contributed by atoms with Gasteiger partial charge in [0, 0.05) is 17.3 Å². The first-order chi connectivity index (χ1) is 16.6. The summed E-state index contributed by atoms with van der Waals surface area (Å²) in [4.78, 5) is 49.8. The average molecular weight is 511 g/mol. The van der Waals surface area contributed by atoms with Crippen molar-refractivity contribution < 1.29 is 28.7 Å². The molecule has 3 aromatic rings. The number of imide groups is 1. The summed E-state index contributed by atoms with van der Waals surface area (Å²) in [7, 11) is 0. The lowest BCUT2D eigenvalue weighted by atomic mass is 10.1. The van der Waals surface area contributed by atoms with Gasteiger partial charge in [0.1, 0.15) is 18.1 Å². The van der Waals surface area contributed by atoms with Crippen LogP contribution in [0.15, 0.2) is 57.9 Å². The van der Waals surface area contributed by atoms with Gasteiger partial charge in [-0.1, -0.05) is 17.7 Å². The van der Waals surface area contributed by atoms with E-state index in [1.54, 1.807) is 24.3 Å². The molecule has 0 aliphatic carbocycles. The number of aromatic carboxylic acids is 1. The van der Waals surface area contributed by atoms with E-state index >= 15 is 0 Å². The number of halogens is 1. The molecule has 35 heavy (non-hydrogen) atoms. The van der Waals surface area contributed by atoms with Gasteiger partial charge in [-0.05, 0) is 79.2 Å². The van der Waals surface area contributed by atoms with Crippen molar-refractivity contribution >= 4 is 58.1 Å². The standard InChI is InChI=1S/C25H19ClN2O6S/c1-13-7-14(2)9-16(8-13)27-22(29)12-28-23(30)21(35-25(28)33)11-17-4-6-20(34-17)18-10-15(24(31)32)3-5-19(18)26/h3-11H,12H2,1-2H3,(H,27,29)(H,31,32)/b21-11-. The highest BCUT2D eigenvalue weighted by Crippen LogP contribution is 2.35. The lowest BCUT2D eigenvalue weighted by Crippen LogP contribution is -2.36. The molecule has 1 saturated heterocycles. The molecular weight excluding hydrogens is 492 g/mol. The number of benzene rings is 2. The van der Waals surface area contributed by atoms with Crippen molar-refractivity contribution in [3.8, 4) is 11.3 Å². The number of carbonyl (C=O) groups is 4. The van der Waals surface area contributed by atoms with Crippen LogP contribution in [0.4, 0.5) is 10.5 Å². The van der Waals surface area contributed by atoms with Gasteiger partial charge in [-0.15, -0.1) is 0 Å². The summed E-state index contributed by atoms with van der Waals surface area (Å²) < 4.78 is 5.72. The summed E-state index contributed by atoms with van der Waals surface area (Å²) in [5.74, 6) is -1.64. The second kappa shape index (κ2) is 9.81. The van der Waals surface area contributed by atoms with E-state index < -0.39 is 29.6 Å². The molecule has 8 nitrogen and oxygen atoms in total. The number of nitrogens with one attached hydrogen (secondary N) is 1. The number of hydrogen-bond acceptors (Lipinski definition) is 6. The Hall–Kier alpha value is -3.82. The molecule has 0 saturated carbocycles. The molecule has 10 heteroatoms. The predicted molar refractivity (Wildman–Crippen MR) is 133 cm³/mol. The van der Waals surface area contributed by atoms with Gasteiger partial charge in [0.05, 0.1) is 15.5 Å². The lowest BCUT2D eigenvalue weighted by Gasteiger charge is -2.13. The Labute approximate surface area is 209 Å². The second-order valence-corrected chi connectivity index (χ2v) is 9.29. The van der Waals surface area contributed by atoms with Crippen LogP contribution in [0.3, 0.4) is 0 Å². The van der Waals surface area contributed by atoms with Crippen LogP contribution in [0.1, 0.15) is 27.2 Å². The molecule has 2 heterocycles. The largest absolute Gasteiger partial charge is 0.478 e. The Morgan fingerprint density at radius 3 is 2.49 bits per heavy atom.